The molecule has 0 aliphatic carbocycles. The van der Waals surface area contributed by atoms with Crippen molar-refractivity contribution in [3.05, 3.63) is 29.7 Å². The van der Waals surface area contributed by atoms with Crippen molar-refractivity contribution in [2.24, 2.45) is 0 Å². The SMILES string of the molecule is Cc1noc(C)c1S(=O)(=O)Nc1ccc2c(c1)OCCN2C. The zero-order valence-corrected chi connectivity index (χ0v) is 13.4. The molecule has 3 rings (SSSR count). The van der Waals surface area contributed by atoms with Crippen LogP contribution in [0.2, 0.25) is 0 Å². The summed E-state index contributed by atoms with van der Waals surface area (Å²) in [4.78, 5) is 2.13. The molecular formula is C14H17N3O4S. The Kier molecular flexibility index (Phi) is 3.48. The van der Waals surface area contributed by atoms with Crippen LogP contribution in [0.1, 0.15) is 11.5 Å². The Morgan fingerprint density at radius 3 is 2.77 bits per heavy atom. The van der Waals surface area contributed by atoms with E-state index in [1.807, 2.05) is 13.1 Å². The summed E-state index contributed by atoms with van der Waals surface area (Å²) in [6, 6.07) is 5.22. The number of hydrogen-bond donors (Lipinski definition) is 1. The molecule has 0 amide bonds. The molecule has 1 aliphatic heterocycles. The van der Waals surface area contributed by atoms with E-state index < -0.39 is 10.0 Å². The topological polar surface area (TPSA) is 84.7 Å². The quantitative estimate of drug-likeness (QED) is 0.929. The Hall–Kier alpha value is -2.22. The lowest BCUT2D eigenvalue weighted by Gasteiger charge is -2.28. The van der Waals surface area contributed by atoms with Crippen molar-refractivity contribution in [1.82, 2.24) is 5.16 Å². The van der Waals surface area contributed by atoms with E-state index in [2.05, 4.69) is 14.8 Å². The van der Waals surface area contributed by atoms with Gasteiger partial charge in [0, 0.05) is 13.1 Å². The Morgan fingerprint density at radius 2 is 2.09 bits per heavy atom. The molecule has 0 bridgehead atoms. The van der Waals surface area contributed by atoms with Crippen LogP contribution in [0, 0.1) is 13.8 Å². The van der Waals surface area contributed by atoms with Crippen LogP contribution in [0.5, 0.6) is 5.75 Å². The average molecular weight is 323 g/mol. The van der Waals surface area contributed by atoms with Gasteiger partial charge in [0.15, 0.2) is 10.7 Å². The van der Waals surface area contributed by atoms with Crippen molar-refractivity contribution in [2.75, 3.05) is 29.8 Å². The highest BCUT2D eigenvalue weighted by Gasteiger charge is 2.25. The number of aromatic nitrogens is 1. The number of anilines is 2. The van der Waals surface area contributed by atoms with Gasteiger partial charge in [0.1, 0.15) is 18.1 Å². The first-order chi connectivity index (χ1) is 10.4. The van der Waals surface area contributed by atoms with Crippen LogP contribution in [-0.4, -0.2) is 33.8 Å². The Balaban J connectivity index is 1.93. The van der Waals surface area contributed by atoms with Crippen LogP contribution in [0.25, 0.3) is 0 Å². The van der Waals surface area contributed by atoms with Gasteiger partial charge in [0.2, 0.25) is 0 Å². The molecule has 1 aliphatic rings. The molecular weight excluding hydrogens is 306 g/mol. The van der Waals surface area contributed by atoms with Gasteiger partial charge in [-0.2, -0.15) is 0 Å². The lowest BCUT2D eigenvalue weighted by molar-refractivity contribution is 0.311. The molecule has 0 radical (unpaired) electrons. The van der Waals surface area contributed by atoms with Gasteiger partial charge in [0.05, 0.1) is 17.9 Å². The van der Waals surface area contributed by atoms with E-state index in [-0.39, 0.29) is 10.7 Å². The molecule has 7 nitrogen and oxygen atoms in total. The van der Waals surface area contributed by atoms with Gasteiger partial charge in [-0.1, -0.05) is 5.16 Å². The highest BCUT2D eigenvalue weighted by molar-refractivity contribution is 7.92. The molecule has 8 heteroatoms. The maximum atomic E-state index is 12.5. The van der Waals surface area contributed by atoms with Crippen molar-refractivity contribution in [3.8, 4) is 5.75 Å². The van der Waals surface area contributed by atoms with Gasteiger partial charge in [-0.25, -0.2) is 8.42 Å². The number of aryl methyl sites for hydroxylation is 2. The van der Waals surface area contributed by atoms with E-state index in [1.54, 1.807) is 26.0 Å². The van der Waals surface area contributed by atoms with Crippen LogP contribution >= 0.6 is 0 Å². The van der Waals surface area contributed by atoms with Gasteiger partial charge >= 0.3 is 0 Å². The lowest BCUT2D eigenvalue weighted by atomic mass is 10.2. The first kappa shape index (κ1) is 14.7. The molecule has 118 valence electrons. The summed E-state index contributed by atoms with van der Waals surface area (Å²) in [6.45, 7) is 4.54. The van der Waals surface area contributed by atoms with Crippen LogP contribution in [0.3, 0.4) is 0 Å². The Bertz CT molecular complexity index is 794. The van der Waals surface area contributed by atoms with Crippen LogP contribution in [-0.2, 0) is 10.0 Å². The number of sulfonamides is 1. The Morgan fingerprint density at radius 1 is 1.32 bits per heavy atom. The molecule has 2 aromatic rings. The highest BCUT2D eigenvalue weighted by atomic mass is 32.2. The van der Waals surface area contributed by atoms with Crippen LogP contribution in [0.4, 0.5) is 11.4 Å². The fraction of sp³-hybridized carbons (Fsp3) is 0.357. The first-order valence-electron chi connectivity index (χ1n) is 6.82. The summed E-state index contributed by atoms with van der Waals surface area (Å²) in [5.41, 5.74) is 1.71. The summed E-state index contributed by atoms with van der Waals surface area (Å²) in [7, 11) is -1.78. The fourth-order valence-corrected chi connectivity index (χ4v) is 3.87. The number of nitrogens with zero attached hydrogens (tertiary/aromatic N) is 2. The summed E-state index contributed by atoms with van der Waals surface area (Å²) >= 11 is 0. The molecule has 1 aromatic carbocycles. The third-order valence-electron chi connectivity index (χ3n) is 3.54. The number of rotatable bonds is 3. The minimum atomic E-state index is -3.75. The number of hydrogen-bond acceptors (Lipinski definition) is 6. The van der Waals surface area contributed by atoms with E-state index in [0.717, 1.165) is 12.2 Å². The molecule has 0 unspecified atom stereocenters. The predicted octanol–water partition coefficient (Wildman–Crippen LogP) is 1.92. The number of benzene rings is 1. The lowest BCUT2D eigenvalue weighted by Crippen LogP contribution is -2.28. The van der Waals surface area contributed by atoms with Crippen molar-refractivity contribution in [1.29, 1.82) is 0 Å². The van der Waals surface area contributed by atoms with Crippen molar-refractivity contribution >= 4 is 21.4 Å². The second-order valence-corrected chi connectivity index (χ2v) is 6.83. The zero-order chi connectivity index (χ0) is 15.9. The largest absolute Gasteiger partial charge is 0.489 e. The molecule has 1 N–H and O–H groups in total. The second-order valence-electron chi connectivity index (χ2n) is 5.21. The van der Waals surface area contributed by atoms with Gasteiger partial charge in [-0.3, -0.25) is 4.72 Å². The number of fused-ring (bicyclic) bond motifs is 1. The van der Waals surface area contributed by atoms with Gasteiger partial charge < -0.3 is 14.2 Å². The van der Waals surface area contributed by atoms with E-state index >= 15 is 0 Å². The standard InChI is InChI=1S/C14H17N3O4S/c1-9-14(10(2)21-15-9)22(18,19)16-11-4-5-12-13(8-11)20-7-6-17(12)3/h4-5,8,16H,6-7H2,1-3H3. The molecule has 2 heterocycles. The maximum absolute atomic E-state index is 12.5. The van der Waals surface area contributed by atoms with Crippen molar-refractivity contribution in [2.45, 2.75) is 18.7 Å². The van der Waals surface area contributed by atoms with Gasteiger partial charge in [-0.05, 0) is 26.0 Å². The molecule has 0 saturated carbocycles. The molecule has 0 atom stereocenters. The number of likely N-dealkylation sites (N-methyl/N-ethyl adjacent to an activating group) is 1. The monoisotopic (exact) mass is 323 g/mol. The smallest absolute Gasteiger partial charge is 0.267 e. The summed E-state index contributed by atoms with van der Waals surface area (Å²) in [5, 5.41) is 3.68. The second kappa shape index (κ2) is 5.20. The van der Waals surface area contributed by atoms with Gasteiger partial charge in [-0.15, -0.1) is 0 Å². The molecule has 22 heavy (non-hydrogen) atoms. The number of nitrogens with one attached hydrogen (secondary N) is 1. The highest BCUT2D eigenvalue weighted by Crippen LogP contribution is 2.34. The first-order valence-corrected chi connectivity index (χ1v) is 8.30. The summed E-state index contributed by atoms with van der Waals surface area (Å²) < 4.78 is 38.0. The van der Waals surface area contributed by atoms with E-state index in [1.165, 1.54) is 0 Å². The van der Waals surface area contributed by atoms with E-state index in [0.29, 0.717) is 23.7 Å². The molecule has 0 fully saturated rings. The van der Waals surface area contributed by atoms with Gasteiger partial charge in [0.25, 0.3) is 10.0 Å². The molecule has 0 spiro atoms. The minimum Gasteiger partial charge on any atom is -0.489 e. The Labute approximate surface area is 128 Å². The van der Waals surface area contributed by atoms with Crippen molar-refractivity contribution in [3.63, 3.8) is 0 Å². The zero-order valence-electron chi connectivity index (χ0n) is 12.6. The fourth-order valence-electron chi connectivity index (χ4n) is 2.49. The maximum Gasteiger partial charge on any atom is 0.267 e. The third kappa shape index (κ3) is 2.50. The molecule has 1 aromatic heterocycles. The molecule has 0 saturated heterocycles. The average Bonchev–Trinajstić information content (AvgIpc) is 2.78. The van der Waals surface area contributed by atoms with E-state index in [9.17, 15) is 8.42 Å². The summed E-state index contributed by atoms with van der Waals surface area (Å²) in [5.74, 6) is 0.923. The van der Waals surface area contributed by atoms with Crippen molar-refractivity contribution < 1.29 is 17.7 Å². The minimum absolute atomic E-state index is 0.0725. The third-order valence-corrected chi connectivity index (χ3v) is 5.17. The summed E-state index contributed by atoms with van der Waals surface area (Å²) in [6.07, 6.45) is 0. The normalized spacial score (nSPS) is 14.4. The predicted molar refractivity (Wildman–Crippen MR) is 82.0 cm³/mol. The van der Waals surface area contributed by atoms with E-state index in [4.69, 9.17) is 9.26 Å². The number of ether oxygens (including phenoxy) is 1. The van der Waals surface area contributed by atoms with Crippen LogP contribution in [0.15, 0.2) is 27.6 Å². The van der Waals surface area contributed by atoms with Crippen LogP contribution < -0.4 is 14.4 Å².